The number of carbonyl (C=O) groups excluding carboxylic acids is 3. The van der Waals surface area contributed by atoms with E-state index in [-0.39, 0.29) is 18.4 Å². The number of nitrogens with one attached hydrogen (secondary N) is 2. The van der Waals surface area contributed by atoms with Crippen LogP contribution >= 0.6 is 23.2 Å². The molecule has 2 N–H and O–H groups in total. The van der Waals surface area contributed by atoms with Gasteiger partial charge in [-0.25, -0.2) is 4.79 Å². The van der Waals surface area contributed by atoms with Gasteiger partial charge in [0.05, 0.1) is 19.8 Å². The number of likely N-dealkylation sites (tertiary alicyclic amines) is 1. The van der Waals surface area contributed by atoms with E-state index in [4.69, 9.17) is 27.9 Å². The van der Waals surface area contributed by atoms with Gasteiger partial charge < -0.3 is 15.0 Å². The maximum atomic E-state index is 13.7. The second kappa shape index (κ2) is 8.10. The fourth-order valence-electron chi connectivity index (χ4n) is 4.28. The van der Waals surface area contributed by atoms with Gasteiger partial charge in [-0.05, 0) is 30.5 Å². The number of nitrogens with zero attached hydrogens (tertiary/aromatic N) is 2. The van der Waals surface area contributed by atoms with E-state index in [1.807, 2.05) is 4.90 Å². The summed E-state index contributed by atoms with van der Waals surface area (Å²) in [5.74, 6) is -0.531. The molecule has 3 saturated heterocycles. The minimum Gasteiger partial charge on any atom is -0.379 e. The second-order valence-electron chi connectivity index (χ2n) is 7.57. The van der Waals surface area contributed by atoms with Gasteiger partial charge >= 0.3 is 6.03 Å². The number of piperidine rings is 1. The number of hydrogen-bond acceptors (Lipinski definition) is 5. The van der Waals surface area contributed by atoms with E-state index in [9.17, 15) is 14.4 Å². The molecular weight excluding hydrogens is 419 g/mol. The highest BCUT2D eigenvalue weighted by Gasteiger charge is 2.50. The van der Waals surface area contributed by atoms with Gasteiger partial charge in [-0.1, -0.05) is 29.3 Å². The third-order valence-corrected chi connectivity index (χ3v) is 6.28. The highest BCUT2D eigenvalue weighted by molar-refractivity contribution is 6.35. The Balaban J connectivity index is 1.64. The number of benzene rings is 1. The van der Waals surface area contributed by atoms with Crippen LogP contribution in [0, 0.1) is 0 Å². The molecular formula is C19H22Cl2N4O4. The summed E-state index contributed by atoms with van der Waals surface area (Å²) < 4.78 is 5.44. The fraction of sp³-hybridized carbons (Fsp3) is 0.526. The van der Waals surface area contributed by atoms with Crippen LogP contribution in [0.25, 0.3) is 0 Å². The molecule has 0 radical (unpaired) electrons. The normalized spacial score (nSPS) is 26.3. The van der Waals surface area contributed by atoms with Crippen molar-refractivity contribution in [2.75, 3.05) is 39.4 Å². The summed E-state index contributed by atoms with van der Waals surface area (Å²) in [6.07, 6.45) is 1.11. The molecule has 2 unspecified atom stereocenters. The Hall–Kier alpha value is -1.87. The summed E-state index contributed by atoms with van der Waals surface area (Å²) in [7, 11) is 0. The van der Waals surface area contributed by atoms with Crippen molar-refractivity contribution in [1.82, 2.24) is 20.4 Å². The van der Waals surface area contributed by atoms with Crippen LogP contribution in [0.2, 0.25) is 10.0 Å². The summed E-state index contributed by atoms with van der Waals surface area (Å²) in [4.78, 5) is 41.4. The third kappa shape index (κ3) is 3.94. The molecule has 1 spiro atoms. The quantitative estimate of drug-likeness (QED) is 0.696. The Morgan fingerprint density at radius 1 is 1.17 bits per heavy atom. The lowest BCUT2D eigenvalue weighted by atomic mass is 9.88. The number of rotatable bonds is 3. The highest BCUT2D eigenvalue weighted by Crippen LogP contribution is 2.34. The standard InChI is InChI=1S/C19H22Cl2N4O4/c20-12-2-3-13(14(21)10-12)15(24-6-8-29-9-7-24)16(26)25-5-1-4-19(11-25)17(27)22-18(28)23-19/h2-3,10,15H,1,4-9,11H2,(H2,22,23,27,28). The van der Waals surface area contributed by atoms with Crippen LogP contribution in [0.3, 0.4) is 0 Å². The molecule has 4 amide bonds. The summed E-state index contributed by atoms with van der Waals surface area (Å²) in [6, 6.07) is 3.98. The van der Waals surface area contributed by atoms with Crippen molar-refractivity contribution in [2.24, 2.45) is 0 Å². The highest BCUT2D eigenvalue weighted by atomic mass is 35.5. The maximum absolute atomic E-state index is 13.7. The van der Waals surface area contributed by atoms with Crippen LogP contribution in [0.4, 0.5) is 4.79 Å². The van der Waals surface area contributed by atoms with E-state index in [0.717, 1.165) is 0 Å². The molecule has 3 heterocycles. The lowest BCUT2D eigenvalue weighted by Crippen LogP contribution is -2.61. The Bertz CT molecular complexity index is 845. The van der Waals surface area contributed by atoms with Gasteiger partial charge in [0, 0.05) is 29.7 Å². The molecule has 156 valence electrons. The number of halogens is 2. The third-order valence-electron chi connectivity index (χ3n) is 5.72. The molecule has 3 aliphatic heterocycles. The van der Waals surface area contributed by atoms with E-state index in [0.29, 0.717) is 61.3 Å². The Labute approximate surface area is 178 Å². The SMILES string of the molecule is O=C1NC(=O)C2(CCCN(C(=O)C(c3ccc(Cl)cc3Cl)N3CCOCC3)C2)N1. The lowest BCUT2D eigenvalue weighted by molar-refractivity contribution is -0.143. The zero-order chi connectivity index (χ0) is 20.6. The number of imide groups is 1. The van der Waals surface area contributed by atoms with Crippen LogP contribution in [0.5, 0.6) is 0 Å². The van der Waals surface area contributed by atoms with E-state index in [2.05, 4.69) is 10.6 Å². The molecule has 3 fully saturated rings. The van der Waals surface area contributed by atoms with Gasteiger partial charge in [-0.3, -0.25) is 19.8 Å². The van der Waals surface area contributed by atoms with E-state index < -0.39 is 17.6 Å². The number of morpholine rings is 1. The minimum atomic E-state index is -1.07. The number of hydrogen-bond donors (Lipinski definition) is 2. The Morgan fingerprint density at radius 3 is 2.59 bits per heavy atom. The van der Waals surface area contributed by atoms with Crippen LogP contribution in [-0.2, 0) is 14.3 Å². The first-order chi connectivity index (χ1) is 13.9. The molecule has 2 atom stereocenters. The number of carbonyl (C=O) groups is 3. The first kappa shape index (κ1) is 20.4. The lowest BCUT2D eigenvalue weighted by Gasteiger charge is -2.42. The molecule has 10 heteroatoms. The molecule has 1 aromatic rings. The largest absolute Gasteiger partial charge is 0.379 e. The van der Waals surface area contributed by atoms with Crippen molar-refractivity contribution in [2.45, 2.75) is 24.4 Å². The number of amides is 4. The first-order valence-electron chi connectivity index (χ1n) is 9.59. The van der Waals surface area contributed by atoms with Gasteiger partial charge in [0.25, 0.3) is 5.91 Å². The van der Waals surface area contributed by atoms with Crippen molar-refractivity contribution >= 4 is 41.0 Å². The van der Waals surface area contributed by atoms with Gasteiger partial charge in [0.1, 0.15) is 11.6 Å². The van der Waals surface area contributed by atoms with Gasteiger partial charge in [-0.15, -0.1) is 0 Å². The van der Waals surface area contributed by atoms with Gasteiger partial charge in [0.15, 0.2) is 0 Å². The molecule has 0 saturated carbocycles. The van der Waals surface area contributed by atoms with Crippen LogP contribution in [0.15, 0.2) is 18.2 Å². The predicted molar refractivity (Wildman–Crippen MR) is 107 cm³/mol. The first-order valence-corrected chi connectivity index (χ1v) is 10.3. The average molecular weight is 441 g/mol. The van der Waals surface area contributed by atoms with Gasteiger partial charge in [-0.2, -0.15) is 0 Å². The van der Waals surface area contributed by atoms with Crippen molar-refractivity contribution < 1.29 is 19.1 Å². The monoisotopic (exact) mass is 440 g/mol. The molecule has 29 heavy (non-hydrogen) atoms. The summed E-state index contributed by atoms with van der Waals surface area (Å²) >= 11 is 12.5. The molecule has 4 rings (SSSR count). The number of urea groups is 1. The van der Waals surface area contributed by atoms with Crippen molar-refractivity contribution in [1.29, 1.82) is 0 Å². The molecule has 8 nitrogen and oxygen atoms in total. The number of ether oxygens (including phenoxy) is 1. The van der Waals surface area contributed by atoms with E-state index >= 15 is 0 Å². The zero-order valence-corrected chi connectivity index (χ0v) is 17.3. The average Bonchev–Trinajstić information content (AvgIpc) is 2.96. The summed E-state index contributed by atoms with van der Waals surface area (Å²) in [5.41, 5.74) is -0.396. The smallest absolute Gasteiger partial charge is 0.322 e. The molecule has 1 aromatic carbocycles. The van der Waals surface area contributed by atoms with Crippen LogP contribution in [-0.4, -0.2) is 72.6 Å². The maximum Gasteiger partial charge on any atom is 0.322 e. The molecule has 0 aromatic heterocycles. The fourth-order valence-corrected chi connectivity index (χ4v) is 4.79. The van der Waals surface area contributed by atoms with Crippen molar-refractivity contribution in [3.05, 3.63) is 33.8 Å². The molecule has 0 aliphatic carbocycles. The topological polar surface area (TPSA) is 91.0 Å². The van der Waals surface area contributed by atoms with E-state index in [1.165, 1.54) is 0 Å². The van der Waals surface area contributed by atoms with Crippen molar-refractivity contribution in [3.8, 4) is 0 Å². The van der Waals surface area contributed by atoms with Crippen LogP contribution in [0.1, 0.15) is 24.4 Å². The van der Waals surface area contributed by atoms with E-state index in [1.54, 1.807) is 23.1 Å². The summed E-state index contributed by atoms with van der Waals surface area (Å²) in [5, 5.41) is 5.91. The molecule has 0 bridgehead atoms. The zero-order valence-electron chi connectivity index (χ0n) is 15.7. The second-order valence-corrected chi connectivity index (χ2v) is 8.41. The summed E-state index contributed by atoms with van der Waals surface area (Å²) in [6.45, 7) is 2.87. The predicted octanol–water partition coefficient (Wildman–Crippen LogP) is 1.57. The van der Waals surface area contributed by atoms with Crippen molar-refractivity contribution in [3.63, 3.8) is 0 Å². The molecule has 3 aliphatic rings. The Kier molecular flexibility index (Phi) is 5.70. The Morgan fingerprint density at radius 2 is 1.93 bits per heavy atom. The minimum absolute atomic E-state index is 0.134. The van der Waals surface area contributed by atoms with Crippen LogP contribution < -0.4 is 10.6 Å². The van der Waals surface area contributed by atoms with Gasteiger partial charge in [0.2, 0.25) is 5.91 Å².